The molecular formula is C17H13Cl4N3O. The van der Waals surface area contributed by atoms with Gasteiger partial charge >= 0.3 is 0 Å². The molecule has 0 spiro atoms. The summed E-state index contributed by atoms with van der Waals surface area (Å²) in [4.78, 5) is 10.4. The molecule has 1 atom stereocenters. The summed E-state index contributed by atoms with van der Waals surface area (Å²) < 4.78 is 0. The second-order valence-electron chi connectivity index (χ2n) is 5.45. The van der Waals surface area contributed by atoms with Crippen LogP contribution in [0.25, 0.3) is 0 Å². The molecule has 1 aliphatic rings. The maximum atomic E-state index is 11.5. The lowest BCUT2D eigenvalue weighted by molar-refractivity contribution is -0.114. The van der Waals surface area contributed by atoms with Crippen LogP contribution in [-0.2, 0) is 4.79 Å². The monoisotopic (exact) mass is 415 g/mol. The third-order valence-electron chi connectivity index (χ3n) is 3.78. The highest BCUT2D eigenvalue weighted by Crippen LogP contribution is 2.34. The van der Waals surface area contributed by atoms with Gasteiger partial charge in [0.2, 0.25) is 0 Å². The Morgan fingerprint density at radius 1 is 1.12 bits per heavy atom. The molecule has 0 aromatic heterocycles. The van der Waals surface area contributed by atoms with Crippen LogP contribution >= 0.6 is 46.4 Å². The highest BCUT2D eigenvalue weighted by molar-refractivity contribution is 6.54. The predicted molar refractivity (Wildman–Crippen MR) is 104 cm³/mol. The molecule has 1 heterocycles. The Labute approximate surface area is 165 Å². The van der Waals surface area contributed by atoms with Crippen LogP contribution in [0.15, 0.2) is 47.6 Å². The minimum atomic E-state index is -1.11. The van der Waals surface area contributed by atoms with E-state index in [0.29, 0.717) is 22.2 Å². The van der Waals surface area contributed by atoms with E-state index in [-0.39, 0.29) is 6.04 Å². The molecule has 2 aromatic carbocycles. The summed E-state index contributed by atoms with van der Waals surface area (Å²) in [5.74, 6) is -0.468. The molecule has 2 aromatic rings. The van der Waals surface area contributed by atoms with Crippen LogP contribution in [0.5, 0.6) is 0 Å². The minimum Gasteiger partial charge on any atom is -0.324 e. The summed E-state index contributed by atoms with van der Waals surface area (Å²) in [5, 5.41) is 8.22. The van der Waals surface area contributed by atoms with Gasteiger partial charge in [-0.3, -0.25) is 4.79 Å². The van der Waals surface area contributed by atoms with Gasteiger partial charge in [0.15, 0.2) is 4.84 Å². The van der Waals surface area contributed by atoms with Gasteiger partial charge in [-0.1, -0.05) is 64.6 Å². The van der Waals surface area contributed by atoms with Gasteiger partial charge in [-0.15, -0.1) is 0 Å². The number of halogens is 4. The molecule has 0 radical (unpaired) electrons. The standard InChI is InChI=1S/C17H13Cl4N3O/c18-11-2-1-3-12(19)15(11)14-8-13(23-24-14)9-4-6-10(7-5-9)22-17(25)16(20)21/h1-7,14,16,24H,8H2,(H,22,25). The van der Waals surface area contributed by atoms with Crippen molar-refractivity contribution in [1.82, 2.24) is 5.43 Å². The number of anilines is 1. The zero-order valence-electron chi connectivity index (χ0n) is 12.8. The molecule has 2 N–H and O–H groups in total. The molecule has 0 fully saturated rings. The fourth-order valence-corrected chi connectivity index (χ4v) is 3.35. The van der Waals surface area contributed by atoms with E-state index in [1.54, 1.807) is 24.3 Å². The maximum absolute atomic E-state index is 11.5. The maximum Gasteiger partial charge on any atom is 0.257 e. The molecule has 0 saturated carbocycles. The van der Waals surface area contributed by atoms with Crippen molar-refractivity contribution in [3.05, 3.63) is 63.6 Å². The first-order valence-electron chi connectivity index (χ1n) is 7.41. The van der Waals surface area contributed by atoms with Crippen molar-refractivity contribution in [2.75, 3.05) is 5.32 Å². The van der Waals surface area contributed by atoms with E-state index in [1.165, 1.54) is 0 Å². The van der Waals surface area contributed by atoms with Gasteiger partial charge < -0.3 is 10.7 Å². The molecule has 1 amide bonds. The Morgan fingerprint density at radius 2 is 1.76 bits per heavy atom. The number of nitrogens with zero attached hydrogens (tertiary/aromatic N) is 1. The first-order chi connectivity index (χ1) is 12.0. The van der Waals surface area contributed by atoms with Gasteiger partial charge in [-0.05, 0) is 29.8 Å². The third-order valence-corrected chi connectivity index (χ3v) is 4.84. The molecule has 25 heavy (non-hydrogen) atoms. The molecule has 0 bridgehead atoms. The summed E-state index contributed by atoms with van der Waals surface area (Å²) in [6, 6.07) is 12.6. The van der Waals surface area contributed by atoms with E-state index in [4.69, 9.17) is 46.4 Å². The van der Waals surface area contributed by atoms with Gasteiger partial charge in [-0.25, -0.2) is 0 Å². The fourth-order valence-electron chi connectivity index (χ4n) is 2.58. The average molecular weight is 417 g/mol. The van der Waals surface area contributed by atoms with E-state index < -0.39 is 10.7 Å². The lowest BCUT2D eigenvalue weighted by Gasteiger charge is -2.14. The molecule has 130 valence electrons. The Hall–Kier alpha value is -1.46. The molecule has 0 aliphatic carbocycles. The lowest BCUT2D eigenvalue weighted by atomic mass is 9.99. The number of carbonyl (C=O) groups excluding carboxylic acids is 1. The summed E-state index contributed by atoms with van der Waals surface area (Å²) >= 11 is 23.6. The van der Waals surface area contributed by atoms with Crippen LogP contribution in [0.1, 0.15) is 23.6 Å². The Kier molecular flexibility index (Phi) is 5.74. The molecule has 1 aliphatic heterocycles. The van der Waals surface area contributed by atoms with E-state index in [2.05, 4.69) is 15.8 Å². The molecule has 1 unspecified atom stereocenters. The quantitative estimate of drug-likeness (QED) is 0.675. The first kappa shape index (κ1) is 18.3. The number of rotatable bonds is 4. The first-order valence-corrected chi connectivity index (χ1v) is 9.04. The zero-order valence-corrected chi connectivity index (χ0v) is 15.8. The van der Waals surface area contributed by atoms with Crippen molar-refractivity contribution in [2.24, 2.45) is 5.10 Å². The average Bonchev–Trinajstić information content (AvgIpc) is 3.05. The van der Waals surface area contributed by atoms with Gasteiger partial charge in [0.25, 0.3) is 5.91 Å². The number of carbonyl (C=O) groups is 1. The van der Waals surface area contributed by atoms with Gasteiger partial charge in [0.1, 0.15) is 0 Å². The Morgan fingerprint density at radius 3 is 2.36 bits per heavy atom. The number of amides is 1. The van der Waals surface area contributed by atoms with Crippen molar-refractivity contribution >= 4 is 63.7 Å². The summed E-state index contributed by atoms with van der Waals surface area (Å²) in [6.45, 7) is 0. The van der Waals surface area contributed by atoms with Crippen molar-refractivity contribution in [3.8, 4) is 0 Å². The number of hydrazone groups is 1. The van der Waals surface area contributed by atoms with E-state index in [0.717, 1.165) is 16.8 Å². The SMILES string of the molecule is O=C(Nc1ccc(C2=NNC(c3c(Cl)cccc3Cl)C2)cc1)C(Cl)Cl. The highest BCUT2D eigenvalue weighted by atomic mass is 35.5. The van der Waals surface area contributed by atoms with Crippen molar-refractivity contribution in [1.29, 1.82) is 0 Å². The van der Waals surface area contributed by atoms with Crippen LogP contribution in [0.3, 0.4) is 0 Å². The third kappa shape index (κ3) is 4.21. The summed E-state index contributed by atoms with van der Waals surface area (Å²) in [7, 11) is 0. The van der Waals surface area contributed by atoms with Crippen molar-refractivity contribution in [3.63, 3.8) is 0 Å². The minimum absolute atomic E-state index is 0.0798. The number of benzene rings is 2. The fraction of sp³-hybridized carbons (Fsp3) is 0.176. The number of hydrogen-bond donors (Lipinski definition) is 2. The number of nitrogens with one attached hydrogen (secondary N) is 2. The van der Waals surface area contributed by atoms with Crippen LogP contribution in [0, 0.1) is 0 Å². The van der Waals surface area contributed by atoms with E-state index in [1.807, 2.05) is 18.2 Å². The largest absolute Gasteiger partial charge is 0.324 e. The molecule has 4 nitrogen and oxygen atoms in total. The van der Waals surface area contributed by atoms with Crippen LogP contribution < -0.4 is 10.7 Å². The molecule has 3 rings (SSSR count). The predicted octanol–water partition coefficient (Wildman–Crippen LogP) is 5.17. The van der Waals surface area contributed by atoms with Gasteiger partial charge in [-0.2, -0.15) is 5.10 Å². The zero-order chi connectivity index (χ0) is 18.0. The molecular weight excluding hydrogens is 404 g/mol. The van der Waals surface area contributed by atoms with Crippen LogP contribution in [0.4, 0.5) is 5.69 Å². The van der Waals surface area contributed by atoms with Gasteiger partial charge in [0, 0.05) is 27.7 Å². The highest BCUT2D eigenvalue weighted by Gasteiger charge is 2.25. The molecule has 0 saturated heterocycles. The Balaban J connectivity index is 1.71. The topological polar surface area (TPSA) is 53.5 Å². The number of alkyl halides is 2. The lowest BCUT2D eigenvalue weighted by Crippen LogP contribution is -2.18. The van der Waals surface area contributed by atoms with Crippen molar-refractivity contribution in [2.45, 2.75) is 17.3 Å². The van der Waals surface area contributed by atoms with Crippen LogP contribution in [-0.4, -0.2) is 16.5 Å². The second-order valence-corrected chi connectivity index (χ2v) is 7.36. The van der Waals surface area contributed by atoms with E-state index in [9.17, 15) is 4.79 Å². The molecule has 8 heteroatoms. The smallest absolute Gasteiger partial charge is 0.257 e. The second kappa shape index (κ2) is 7.83. The van der Waals surface area contributed by atoms with Crippen LogP contribution in [0.2, 0.25) is 10.0 Å². The summed E-state index contributed by atoms with van der Waals surface area (Å²) in [5.41, 5.74) is 6.34. The van der Waals surface area contributed by atoms with E-state index >= 15 is 0 Å². The van der Waals surface area contributed by atoms with Gasteiger partial charge in [0.05, 0.1) is 11.8 Å². The number of hydrogen-bond acceptors (Lipinski definition) is 3. The Bertz CT molecular complexity index is 801. The normalized spacial score (nSPS) is 16.5. The summed E-state index contributed by atoms with van der Waals surface area (Å²) in [6.07, 6.45) is 0.653. The van der Waals surface area contributed by atoms with Crippen molar-refractivity contribution < 1.29 is 4.79 Å².